The predicted octanol–water partition coefficient (Wildman–Crippen LogP) is 3.90. The fourth-order valence-corrected chi connectivity index (χ4v) is 4.79. The summed E-state index contributed by atoms with van der Waals surface area (Å²) in [5, 5.41) is 4.48. The molecule has 0 spiro atoms. The minimum atomic E-state index is -3.53. The van der Waals surface area contributed by atoms with E-state index in [4.69, 9.17) is 0 Å². The number of hydrogen-bond acceptors (Lipinski definition) is 3. The van der Waals surface area contributed by atoms with Gasteiger partial charge >= 0.3 is 0 Å². The molecule has 0 aliphatic heterocycles. The van der Waals surface area contributed by atoms with Crippen LogP contribution in [0.2, 0.25) is 0 Å². The number of hydrogen-bond donors (Lipinski definition) is 0. The fraction of sp³-hybridized carbons (Fsp3) is 0.550. The lowest BCUT2D eigenvalue weighted by Crippen LogP contribution is -2.29. The Bertz CT molecular complexity index is 834. The molecule has 144 valence electrons. The van der Waals surface area contributed by atoms with E-state index in [1.165, 1.54) is 9.87 Å². The van der Waals surface area contributed by atoms with E-state index < -0.39 is 10.0 Å². The van der Waals surface area contributed by atoms with Crippen molar-refractivity contribution in [1.82, 2.24) is 14.1 Å². The summed E-state index contributed by atoms with van der Waals surface area (Å²) in [5.74, 6) is 0. The van der Waals surface area contributed by atoms with E-state index in [2.05, 4.69) is 17.2 Å². The Kier molecular flexibility index (Phi) is 6.29. The minimum Gasteiger partial charge on any atom is -0.263 e. The van der Waals surface area contributed by atoms with Crippen LogP contribution in [-0.2, 0) is 22.0 Å². The maximum Gasteiger partial charge on any atom is 0.246 e. The van der Waals surface area contributed by atoms with Gasteiger partial charge < -0.3 is 0 Å². The van der Waals surface area contributed by atoms with Crippen molar-refractivity contribution in [1.29, 1.82) is 0 Å². The zero-order valence-electron chi connectivity index (χ0n) is 16.8. The molecule has 0 saturated carbocycles. The molecule has 0 aliphatic rings. The summed E-state index contributed by atoms with van der Waals surface area (Å²) >= 11 is 0. The van der Waals surface area contributed by atoms with Crippen molar-refractivity contribution in [2.75, 3.05) is 13.6 Å². The highest BCUT2D eigenvalue weighted by Crippen LogP contribution is 2.27. The van der Waals surface area contributed by atoms with E-state index in [1.807, 2.05) is 45.9 Å². The molecule has 0 unspecified atom stereocenters. The van der Waals surface area contributed by atoms with Crippen LogP contribution < -0.4 is 0 Å². The molecular weight excluding hydrogens is 346 g/mol. The van der Waals surface area contributed by atoms with Crippen molar-refractivity contribution in [2.24, 2.45) is 0 Å². The van der Waals surface area contributed by atoms with Crippen LogP contribution in [0.25, 0.3) is 0 Å². The second-order valence-electron chi connectivity index (χ2n) is 7.85. The lowest BCUT2D eigenvalue weighted by Gasteiger charge is -2.22. The molecule has 2 aromatic rings. The third-order valence-corrected chi connectivity index (χ3v) is 6.67. The van der Waals surface area contributed by atoms with Crippen LogP contribution >= 0.6 is 0 Å². The Morgan fingerprint density at radius 1 is 1.08 bits per heavy atom. The predicted molar refractivity (Wildman–Crippen MR) is 106 cm³/mol. The third-order valence-electron chi connectivity index (χ3n) is 4.56. The summed E-state index contributed by atoms with van der Waals surface area (Å²) in [4.78, 5) is 0.345. The third kappa shape index (κ3) is 4.54. The van der Waals surface area contributed by atoms with Crippen molar-refractivity contribution < 1.29 is 8.42 Å². The molecule has 1 heterocycles. The van der Waals surface area contributed by atoms with Gasteiger partial charge in [0.1, 0.15) is 4.90 Å². The van der Waals surface area contributed by atoms with E-state index >= 15 is 0 Å². The summed E-state index contributed by atoms with van der Waals surface area (Å²) in [6.45, 7) is 10.2. The Hall–Kier alpha value is -1.66. The molecule has 2 rings (SSSR count). The minimum absolute atomic E-state index is 0.253. The molecule has 0 atom stereocenters. The fourth-order valence-electron chi connectivity index (χ4n) is 3.24. The summed E-state index contributed by atoms with van der Waals surface area (Å²) in [7, 11) is -1.88. The molecule has 0 aliphatic carbocycles. The largest absolute Gasteiger partial charge is 0.263 e. The Balaban J connectivity index is 2.06. The van der Waals surface area contributed by atoms with Gasteiger partial charge in [-0.1, -0.05) is 30.3 Å². The molecule has 5 nitrogen and oxygen atoms in total. The normalized spacial score (nSPS) is 12.7. The summed E-state index contributed by atoms with van der Waals surface area (Å²) < 4.78 is 29.4. The number of aryl methyl sites for hydroxylation is 2. The van der Waals surface area contributed by atoms with E-state index in [0.29, 0.717) is 22.8 Å². The van der Waals surface area contributed by atoms with Gasteiger partial charge in [-0.2, -0.15) is 5.10 Å². The maximum atomic E-state index is 13.1. The van der Waals surface area contributed by atoms with E-state index in [0.717, 1.165) is 19.3 Å². The van der Waals surface area contributed by atoms with Gasteiger partial charge in [0.15, 0.2) is 0 Å². The number of benzene rings is 1. The Labute approximate surface area is 158 Å². The first kappa shape index (κ1) is 20.6. The van der Waals surface area contributed by atoms with Gasteiger partial charge in [0, 0.05) is 13.6 Å². The molecule has 6 heteroatoms. The van der Waals surface area contributed by atoms with Crippen molar-refractivity contribution in [3.05, 3.63) is 47.3 Å². The molecule has 0 radical (unpaired) electrons. The molecule has 1 aromatic heterocycles. The average molecular weight is 378 g/mol. The molecule has 0 fully saturated rings. The van der Waals surface area contributed by atoms with Gasteiger partial charge in [-0.15, -0.1) is 0 Å². The van der Waals surface area contributed by atoms with Crippen LogP contribution in [0.3, 0.4) is 0 Å². The van der Waals surface area contributed by atoms with Crippen molar-refractivity contribution in [3.63, 3.8) is 0 Å². The molecule has 26 heavy (non-hydrogen) atoms. The van der Waals surface area contributed by atoms with Crippen LogP contribution in [0.15, 0.2) is 35.2 Å². The van der Waals surface area contributed by atoms with Gasteiger partial charge in [-0.3, -0.25) is 4.68 Å². The molecule has 0 amide bonds. The highest BCUT2D eigenvalue weighted by atomic mass is 32.2. The Morgan fingerprint density at radius 2 is 1.69 bits per heavy atom. The lowest BCUT2D eigenvalue weighted by molar-refractivity contribution is 0.345. The zero-order valence-corrected chi connectivity index (χ0v) is 17.6. The summed E-state index contributed by atoms with van der Waals surface area (Å²) in [5.41, 5.74) is 2.30. The highest BCUT2D eigenvalue weighted by molar-refractivity contribution is 7.89. The zero-order chi connectivity index (χ0) is 19.5. The van der Waals surface area contributed by atoms with E-state index in [1.54, 1.807) is 18.7 Å². The van der Waals surface area contributed by atoms with Gasteiger partial charge in [-0.05, 0) is 59.4 Å². The maximum absolute atomic E-state index is 13.1. The Morgan fingerprint density at radius 3 is 2.23 bits per heavy atom. The van der Waals surface area contributed by atoms with Crippen LogP contribution in [0.1, 0.15) is 50.6 Å². The first-order valence-corrected chi connectivity index (χ1v) is 10.6. The second-order valence-corrected chi connectivity index (χ2v) is 9.83. The van der Waals surface area contributed by atoms with Crippen molar-refractivity contribution in [3.8, 4) is 0 Å². The SMILES string of the molecule is Cc1nn(C(C)(C)C)c(C)c1S(=O)(=O)N(C)CCCCc1ccccc1. The first-order chi connectivity index (χ1) is 12.0. The quantitative estimate of drug-likeness (QED) is 0.688. The van der Waals surface area contributed by atoms with E-state index in [9.17, 15) is 8.42 Å². The molecular formula is C20H31N3O2S. The molecule has 1 aromatic carbocycles. The standard InChI is InChI=1S/C20H31N3O2S/c1-16-19(17(2)23(21-16)20(3,4)5)26(24,25)22(6)15-11-10-14-18-12-8-7-9-13-18/h7-9,12-13H,10-11,14-15H2,1-6H3. The monoisotopic (exact) mass is 377 g/mol. The number of aromatic nitrogens is 2. The number of unbranched alkanes of at least 4 members (excludes halogenated alkanes) is 1. The lowest BCUT2D eigenvalue weighted by atomic mass is 10.1. The van der Waals surface area contributed by atoms with Crippen LogP contribution in [0.4, 0.5) is 0 Å². The van der Waals surface area contributed by atoms with Gasteiger partial charge in [0.05, 0.1) is 16.9 Å². The smallest absolute Gasteiger partial charge is 0.246 e. The average Bonchev–Trinajstić information content (AvgIpc) is 2.87. The van der Waals surface area contributed by atoms with E-state index in [-0.39, 0.29) is 5.54 Å². The molecule has 0 bridgehead atoms. The van der Waals surface area contributed by atoms with Crippen LogP contribution in [0.5, 0.6) is 0 Å². The number of nitrogens with zero attached hydrogens (tertiary/aromatic N) is 3. The van der Waals surface area contributed by atoms with Gasteiger partial charge in [-0.25, -0.2) is 12.7 Å². The summed E-state index contributed by atoms with van der Waals surface area (Å²) in [6.07, 6.45) is 2.76. The first-order valence-electron chi connectivity index (χ1n) is 9.12. The number of sulfonamides is 1. The van der Waals surface area contributed by atoms with Crippen molar-refractivity contribution >= 4 is 10.0 Å². The second kappa shape index (κ2) is 7.92. The topological polar surface area (TPSA) is 55.2 Å². The van der Waals surface area contributed by atoms with Gasteiger partial charge in [0.2, 0.25) is 10.0 Å². The van der Waals surface area contributed by atoms with Crippen molar-refractivity contribution in [2.45, 2.75) is 64.3 Å². The molecule has 0 N–H and O–H groups in total. The highest BCUT2D eigenvalue weighted by Gasteiger charge is 2.31. The summed E-state index contributed by atoms with van der Waals surface area (Å²) in [6, 6.07) is 10.3. The van der Waals surface area contributed by atoms with Gasteiger partial charge in [0.25, 0.3) is 0 Å². The molecule has 0 saturated heterocycles. The van der Waals surface area contributed by atoms with Crippen LogP contribution in [0, 0.1) is 13.8 Å². The number of rotatable bonds is 7. The van der Waals surface area contributed by atoms with Crippen LogP contribution in [-0.4, -0.2) is 36.1 Å².